The van der Waals surface area contributed by atoms with Gasteiger partial charge in [-0.3, -0.25) is 19.7 Å². The molecule has 0 saturated heterocycles. The Kier molecular flexibility index (Phi) is 9.11. The second-order valence-electron chi connectivity index (χ2n) is 14.6. The Bertz CT molecular complexity index is 1810. The van der Waals surface area contributed by atoms with Gasteiger partial charge in [0.05, 0.1) is 16.0 Å². The van der Waals surface area contributed by atoms with E-state index < -0.39 is 10.8 Å². The van der Waals surface area contributed by atoms with Gasteiger partial charge in [0.15, 0.2) is 23.1 Å². The van der Waals surface area contributed by atoms with Gasteiger partial charge in [-0.2, -0.15) is 0 Å². The van der Waals surface area contributed by atoms with Gasteiger partial charge in [0.25, 0.3) is 5.69 Å². The molecule has 0 atom stereocenters. The first kappa shape index (κ1) is 33.7. The molecule has 0 unspecified atom stereocenters. The maximum Gasteiger partial charge on any atom is 0.269 e. The molecule has 0 radical (unpaired) electrons. The van der Waals surface area contributed by atoms with Gasteiger partial charge < -0.3 is 14.4 Å². The van der Waals surface area contributed by atoms with Crippen molar-refractivity contribution in [2.75, 3.05) is 6.61 Å². The number of nitro groups is 1. The summed E-state index contributed by atoms with van der Waals surface area (Å²) in [5.41, 5.74) is 5.44. The van der Waals surface area contributed by atoms with Crippen molar-refractivity contribution in [3.05, 3.63) is 121 Å². The Morgan fingerprint density at radius 1 is 0.833 bits per heavy atom. The number of benzene rings is 3. The molecule has 1 aliphatic heterocycles. The van der Waals surface area contributed by atoms with E-state index in [0.29, 0.717) is 71.5 Å². The van der Waals surface area contributed by atoms with Crippen LogP contribution in [0.2, 0.25) is 0 Å². The van der Waals surface area contributed by atoms with Crippen molar-refractivity contribution in [1.82, 2.24) is 4.90 Å². The van der Waals surface area contributed by atoms with Gasteiger partial charge in [0.2, 0.25) is 0 Å². The van der Waals surface area contributed by atoms with Gasteiger partial charge in [-0.1, -0.05) is 70.2 Å². The highest BCUT2D eigenvalue weighted by molar-refractivity contribution is 9.10. The standard InChI is InChI=1S/C39H41BrN2O6/c1-6-47-33-17-26(16-28(40)37(33)48-23-25-13-10-14-27(15-25)42(45)46)34-35-29(18-38(2,3)20-31(35)43)41(22-24-11-8-7-9-12-24)30-19-39(4,5)21-32(44)36(30)34/h7-17,34H,6,18-23H2,1-5H3. The number of halogens is 1. The number of carbonyl (C=O) groups excluding carboxylic acids is 2. The predicted molar refractivity (Wildman–Crippen MR) is 188 cm³/mol. The fourth-order valence-electron chi connectivity index (χ4n) is 7.41. The first-order valence-corrected chi connectivity index (χ1v) is 17.2. The molecule has 48 heavy (non-hydrogen) atoms. The van der Waals surface area contributed by atoms with E-state index in [-0.39, 0.29) is 34.7 Å². The molecule has 250 valence electrons. The minimum absolute atomic E-state index is 0.0111. The number of allylic oxidation sites excluding steroid dienone is 4. The molecular weight excluding hydrogens is 672 g/mol. The molecule has 0 amide bonds. The van der Waals surface area contributed by atoms with Crippen molar-refractivity contribution in [1.29, 1.82) is 0 Å². The lowest BCUT2D eigenvalue weighted by molar-refractivity contribution is -0.384. The molecule has 0 N–H and O–H groups in total. The van der Waals surface area contributed by atoms with Crippen molar-refractivity contribution < 1.29 is 24.0 Å². The second-order valence-corrected chi connectivity index (χ2v) is 15.4. The summed E-state index contributed by atoms with van der Waals surface area (Å²) in [5.74, 6) is 0.498. The lowest BCUT2D eigenvalue weighted by Crippen LogP contribution is -2.44. The number of nitro benzene ring substituents is 1. The highest BCUT2D eigenvalue weighted by Crippen LogP contribution is 2.56. The minimum Gasteiger partial charge on any atom is -0.490 e. The van der Waals surface area contributed by atoms with E-state index in [1.54, 1.807) is 12.1 Å². The van der Waals surface area contributed by atoms with Crippen LogP contribution in [0.1, 0.15) is 82.9 Å². The topological polar surface area (TPSA) is 99.0 Å². The Hall–Kier alpha value is -4.24. The Balaban J connectivity index is 1.49. The van der Waals surface area contributed by atoms with Crippen LogP contribution in [-0.4, -0.2) is 28.0 Å². The molecule has 2 aliphatic carbocycles. The lowest BCUT2D eigenvalue weighted by atomic mass is 9.63. The van der Waals surface area contributed by atoms with Gasteiger partial charge in [-0.15, -0.1) is 0 Å². The summed E-state index contributed by atoms with van der Waals surface area (Å²) in [6.07, 6.45) is 2.22. The number of non-ortho nitro benzene ring substituents is 1. The summed E-state index contributed by atoms with van der Waals surface area (Å²) < 4.78 is 12.9. The molecule has 0 aromatic heterocycles. The molecular formula is C39H41BrN2O6. The van der Waals surface area contributed by atoms with Gasteiger partial charge in [-0.25, -0.2) is 0 Å². The Morgan fingerprint density at radius 3 is 2.02 bits per heavy atom. The summed E-state index contributed by atoms with van der Waals surface area (Å²) in [5, 5.41) is 11.3. The van der Waals surface area contributed by atoms with Gasteiger partial charge in [0, 0.05) is 60.0 Å². The molecule has 3 aliphatic rings. The van der Waals surface area contributed by atoms with Crippen LogP contribution >= 0.6 is 15.9 Å². The van der Waals surface area contributed by atoms with Crippen LogP contribution in [0.15, 0.2) is 93.7 Å². The summed E-state index contributed by atoms with van der Waals surface area (Å²) in [7, 11) is 0. The number of carbonyl (C=O) groups is 2. The molecule has 9 heteroatoms. The minimum atomic E-state index is -0.546. The van der Waals surface area contributed by atoms with Crippen LogP contribution in [0.3, 0.4) is 0 Å². The van der Waals surface area contributed by atoms with E-state index in [1.165, 1.54) is 12.1 Å². The van der Waals surface area contributed by atoms with Crippen LogP contribution in [0.5, 0.6) is 11.5 Å². The third-order valence-corrected chi connectivity index (χ3v) is 9.96. The number of Topliss-reactive ketones (excluding diaryl/α,β-unsaturated/α-hetero) is 2. The van der Waals surface area contributed by atoms with E-state index in [9.17, 15) is 19.7 Å². The fraction of sp³-hybridized carbons (Fsp3) is 0.385. The van der Waals surface area contributed by atoms with Crippen molar-refractivity contribution >= 4 is 33.2 Å². The fourth-order valence-corrected chi connectivity index (χ4v) is 7.99. The number of hydrogen-bond donors (Lipinski definition) is 0. The number of ketones is 2. The average molecular weight is 714 g/mol. The van der Waals surface area contributed by atoms with Crippen LogP contribution in [-0.2, 0) is 22.7 Å². The Morgan fingerprint density at radius 2 is 1.44 bits per heavy atom. The third-order valence-electron chi connectivity index (χ3n) is 9.37. The molecule has 1 heterocycles. The second kappa shape index (κ2) is 13.0. The zero-order valence-corrected chi connectivity index (χ0v) is 29.7. The van der Waals surface area contributed by atoms with Gasteiger partial charge in [0.1, 0.15) is 6.61 Å². The van der Waals surface area contributed by atoms with Gasteiger partial charge >= 0.3 is 0 Å². The third kappa shape index (κ3) is 6.70. The molecule has 3 aromatic rings. The highest BCUT2D eigenvalue weighted by atomic mass is 79.9. The molecule has 8 nitrogen and oxygen atoms in total. The molecule has 0 spiro atoms. The van der Waals surface area contributed by atoms with Crippen LogP contribution in [0.4, 0.5) is 5.69 Å². The smallest absolute Gasteiger partial charge is 0.269 e. The van der Waals surface area contributed by atoms with Crippen molar-refractivity contribution in [2.45, 2.75) is 79.4 Å². The van der Waals surface area contributed by atoms with E-state index in [2.05, 4.69) is 60.7 Å². The number of ether oxygens (including phenoxy) is 2. The van der Waals surface area contributed by atoms with E-state index in [0.717, 1.165) is 22.5 Å². The molecule has 0 saturated carbocycles. The number of hydrogen-bond acceptors (Lipinski definition) is 7. The summed E-state index contributed by atoms with van der Waals surface area (Å²) in [6.45, 7) is 11.5. The molecule has 0 bridgehead atoms. The van der Waals surface area contributed by atoms with Crippen LogP contribution in [0, 0.1) is 20.9 Å². The zero-order valence-electron chi connectivity index (χ0n) is 28.1. The van der Waals surface area contributed by atoms with Crippen molar-refractivity contribution in [3.8, 4) is 11.5 Å². The average Bonchev–Trinajstić information content (AvgIpc) is 3.01. The maximum absolute atomic E-state index is 14.3. The first-order valence-electron chi connectivity index (χ1n) is 16.4. The van der Waals surface area contributed by atoms with E-state index >= 15 is 0 Å². The van der Waals surface area contributed by atoms with E-state index in [4.69, 9.17) is 9.47 Å². The number of nitrogens with zero attached hydrogens (tertiary/aromatic N) is 2. The molecule has 0 fully saturated rings. The summed E-state index contributed by atoms with van der Waals surface area (Å²) in [6, 6.07) is 20.4. The quantitative estimate of drug-likeness (QED) is 0.161. The number of rotatable bonds is 9. The highest BCUT2D eigenvalue weighted by Gasteiger charge is 2.49. The van der Waals surface area contributed by atoms with Crippen molar-refractivity contribution in [3.63, 3.8) is 0 Å². The first-order chi connectivity index (χ1) is 22.8. The van der Waals surface area contributed by atoms with E-state index in [1.807, 2.05) is 37.3 Å². The largest absolute Gasteiger partial charge is 0.490 e. The van der Waals surface area contributed by atoms with Crippen LogP contribution < -0.4 is 9.47 Å². The normalized spacial score (nSPS) is 18.8. The monoisotopic (exact) mass is 712 g/mol. The molecule has 6 rings (SSSR count). The van der Waals surface area contributed by atoms with Gasteiger partial charge in [-0.05, 0) is 75.3 Å². The zero-order chi connectivity index (χ0) is 34.4. The predicted octanol–water partition coefficient (Wildman–Crippen LogP) is 9.22. The summed E-state index contributed by atoms with van der Waals surface area (Å²) >= 11 is 3.72. The SMILES string of the molecule is CCOc1cc(C2C3=C(CC(C)(C)CC3=O)N(Cc3ccccc3)C3=C2C(=O)CC(C)(C)C3)cc(Br)c1OCc1cccc([N+](=O)[O-])c1. The Labute approximate surface area is 290 Å². The lowest BCUT2D eigenvalue weighted by Gasteiger charge is -2.49. The van der Waals surface area contributed by atoms with Crippen LogP contribution in [0.25, 0.3) is 0 Å². The maximum atomic E-state index is 14.3. The molecule has 3 aromatic carbocycles. The van der Waals surface area contributed by atoms with Crippen molar-refractivity contribution in [2.24, 2.45) is 10.8 Å². The summed E-state index contributed by atoms with van der Waals surface area (Å²) in [4.78, 5) is 41.8.